The van der Waals surface area contributed by atoms with Gasteiger partial charge in [0.1, 0.15) is 0 Å². The molecule has 0 radical (unpaired) electrons. The van der Waals surface area contributed by atoms with E-state index in [9.17, 15) is 4.79 Å². The van der Waals surface area contributed by atoms with Crippen LogP contribution in [0.15, 0.2) is 40.8 Å². The summed E-state index contributed by atoms with van der Waals surface area (Å²) in [6.07, 6.45) is 0. The van der Waals surface area contributed by atoms with Gasteiger partial charge in [-0.1, -0.05) is 23.2 Å². The Labute approximate surface area is 171 Å². The van der Waals surface area contributed by atoms with E-state index in [0.29, 0.717) is 33.5 Å². The van der Waals surface area contributed by atoms with Crippen molar-refractivity contribution in [2.45, 2.75) is 6.54 Å². The zero-order valence-corrected chi connectivity index (χ0v) is 16.9. The van der Waals surface area contributed by atoms with Gasteiger partial charge in [-0.05, 0) is 36.4 Å². The van der Waals surface area contributed by atoms with Crippen LogP contribution in [-0.4, -0.2) is 42.3 Å². The number of rotatable bonds is 6. The molecule has 0 unspecified atom stereocenters. The number of ether oxygens (including phenoxy) is 2. The van der Waals surface area contributed by atoms with Crippen LogP contribution in [0, 0.1) is 0 Å². The SMILES string of the molecule is COc1ccc(-c2nnc(CN(C)C(=O)c3ccc(Cl)cc3Cl)o2)cc1OC. The van der Waals surface area contributed by atoms with Gasteiger partial charge in [-0.3, -0.25) is 4.79 Å². The third-order valence-electron chi connectivity index (χ3n) is 3.98. The van der Waals surface area contributed by atoms with Gasteiger partial charge < -0.3 is 18.8 Å². The van der Waals surface area contributed by atoms with Crippen LogP contribution in [-0.2, 0) is 6.54 Å². The smallest absolute Gasteiger partial charge is 0.255 e. The van der Waals surface area contributed by atoms with Crippen molar-refractivity contribution >= 4 is 29.1 Å². The largest absolute Gasteiger partial charge is 0.493 e. The van der Waals surface area contributed by atoms with E-state index in [1.54, 1.807) is 51.6 Å². The summed E-state index contributed by atoms with van der Waals surface area (Å²) < 4.78 is 16.2. The number of aromatic nitrogens is 2. The fourth-order valence-corrected chi connectivity index (χ4v) is 3.04. The first-order valence-electron chi connectivity index (χ1n) is 8.18. The molecule has 0 fully saturated rings. The van der Waals surface area contributed by atoms with Gasteiger partial charge in [0, 0.05) is 17.6 Å². The molecule has 7 nitrogen and oxygen atoms in total. The van der Waals surface area contributed by atoms with Gasteiger partial charge in [-0.15, -0.1) is 10.2 Å². The number of carbonyl (C=O) groups is 1. The van der Waals surface area contributed by atoms with Crippen molar-refractivity contribution in [1.82, 2.24) is 15.1 Å². The molecule has 1 aromatic heterocycles. The number of amides is 1. The minimum absolute atomic E-state index is 0.123. The lowest BCUT2D eigenvalue weighted by atomic mass is 10.2. The molecule has 2 aromatic carbocycles. The summed E-state index contributed by atoms with van der Waals surface area (Å²) in [5, 5.41) is 8.78. The Kier molecular flexibility index (Phi) is 6.06. The van der Waals surface area contributed by atoms with E-state index in [-0.39, 0.29) is 23.4 Å². The minimum atomic E-state index is -0.285. The van der Waals surface area contributed by atoms with Gasteiger partial charge in [-0.25, -0.2) is 0 Å². The quantitative estimate of drug-likeness (QED) is 0.589. The van der Waals surface area contributed by atoms with Crippen molar-refractivity contribution in [3.8, 4) is 23.0 Å². The van der Waals surface area contributed by atoms with Crippen molar-refractivity contribution in [2.75, 3.05) is 21.3 Å². The monoisotopic (exact) mass is 421 g/mol. The zero-order chi connectivity index (χ0) is 20.3. The van der Waals surface area contributed by atoms with Gasteiger partial charge in [0.05, 0.1) is 31.4 Å². The fraction of sp³-hybridized carbons (Fsp3) is 0.211. The molecule has 0 bridgehead atoms. The lowest BCUT2D eigenvalue weighted by Gasteiger charge is -2.15. The van der Waals surface area contributed by atoms with E-state index in [1.807, 2.05) is 0 Å². The van der Waals surface area contributed by atoms with E-state index in [2.05, 4.69) is 10.2 Å². The molecule has 0 saturated carbocycles. The molecular formula is C19H17Cl2N3O4. The van der Waals surface area contributed by atoms with Crippen molar-refractivity contribution in [3.63, 3.8) is 0 Å². The first-order valence-corrected chi connectivity index (χ1v) is 8.93. The summed E-state index contributed by atoms with van der Waals surface area (Å²) in [7, 11) is 4.72. The lowest BCUT2D eigenvalue weighted by molar-refractivity contribution is 0.0773. The van der Waals surface area contributed by atoms with E-state index in [1.165, 1.54) is 11.0 Å². The number of nitrogens with zero attached hydrogens (tertiary/aromatic N) is 3. The summed E-state index contributed by atoms with van der Waals surface area (Å²) >= 11 is 12.0. The van der Waals surface area contributed by atoms with E-state index in [4.69, 9.17) is 37.1 Å². The average molecular weight is 422 g/mol. The highest BCUT2D eigenvalue weighted by molar-refractivity contribution is 6.36. The van der Waals surface area contributed by atoms with Crippen LogP contribution in [0.25, 0.3) is 11.5 Å². The van der Waals surface area contributed by atoms with Crippen LogP contribution < -0.4 is 9.47 Å². The lowest BCUT2D eigenvalue weighted by Crippen LogP contribution is -2.26. The molecule has 9 heteroatoms. The fourth-order valence-electron chi connectivity index (χ4n) is 2.55. The summed E-state index contributed by atoms with van der Waals surface area (Å²) in [4.78, 5) is 14.0. The number of halogens is 2. The molecule has 0 aliphatic carbocycles. The second-order valence-corrected chi connectivity index (χ2v) is 6.70. The molecular weight excluding hydrogens is 405 g/mol. The highest BCUT2D eigenvalue weighted by atomic mass is 35.5. The zero-order valence-electron chi connectivity index (χ0n) is 15.4. The number of hydrogen-bond donors (Lipinski definition) is 0. The molecule has 1 heterocycles. The number of carbonyl (C=O) groups excluding carboxylic acids is 1. The molecule has 28 heavy (non-hydrogen) atoms. The van der Waals surface area contributed by atoms with Crippen LogP contribution in [0.2, 0.25) is 10.0 Å². The van der Waals surface area contributed by atoms with Gasteiger partial charge in [-0.2, -0.15) is 0 Å². The molecule has 0 atom stereocenters. The Hall–Kier alpha value is -2.77. The molecule has 0 N–H and O–H groups in total. The molecule has 0 spiro atoms. The minimum Gasteiger partial charge on any atom is -0.493 e. The molecule has 1 amide bonds. The molecule has 0 aliphatic heterocycles. The van der Waals surface area contributed by atoms with E-state index in [0.717, 1.165) is 0 Å². The maximum absolute atomic E-state index is 12.6. The van der Waals surface area contributed by atoms with Crippen molar-refractivity contribution in [3.05, 3.63) is 57.9 Å². The maximum Gasteiger partial charge on any atom is 0.255 e. The Morgan fingerprint density at radius 2 is 1.82 bits per heavy atom. The van der Waals surface area contributed by atoms with Gasteiger partial charge in [0.25, 0.3) is 5.91 Å². The second kappa shape index (κ2) is 8.50. The standard InChI is InChI=1S/C19H17Cl2N3O4/c1-24(19(25)13-6-5-12(20)9-14(13)21)10-17-22-23-18(28-17)11-4-7-15(26-2)16(8-11)27-3/h4-9H,10H2,1-3H3. The molecule has 146 valence electrons. The first kappa shape index (κ1) is 20.0. The molecule has 3 rings (SSSR count). The van der Waals surface area contributed by atoms with E-state index >= 15 is 0 Å². The maximum atomic E-state index is 12.6. The third kappa shape index (κ3) is 4.21. The Balaban J connectivity index is 1.76. The highest BCUT2D eigenvalue weighted by Gasteiger charge is 2.19. The van der Waals surface area contributed by atoms with Crippen molar-refractivity contribution in [1.29, 1.82) is 0 Å². The summed E-state index contributed by atoms with van der Waals surface area (Å²) in [6.45, 7) is 0.123. The Morgan fingerprint density at radius 3 is 2.50 bits per heavy atom. The van der Waals surface area contributed by atoms with E-state index < -0.39 is 0 Å². The second-order valence-electron chi connectivity index (χ2n) is 5.86. The van der Waals surface area contributed by atoms with Gasteiger partial charge in [0.15, 0.2) is 11.5 Å². The number of methoxy groups -OCH3 is 2. The summed E-state index contributed by atoms with van der Waals surface area (Å²) in [5.74, 6) is 1.44. The normalized spacial score (nSPS) is 10.6. The molecule has 0 saturated heterocycles. The predicted molar refractivity (Wildman–Crippen MR) is 105 cm³/mol. The predicted octanol–water partition coefficient (Wildman–Crippen LogP) is 4.33. The number of hydrogen-bond acceptors (Lipinski definition) is 6. The van der Waals surface area contributed by atoms with Crippen LogP contribution >= 0.6 is 23.2 Å². The van der Waals surface area contributed by atoms with Crippen molar-refractivity contribution in [2.24, 2.45) is 0 Å². The number of benzene rings is 2. The summed E-state index contributed by atoms with van der Waals surface area (Å²) in [6, 6.07) is 9.96. The Bertz CT molecular complexity index is 1010. The molecule has 3 aromatic rings. The highest BCUT2D eigenvalue weighted by Crippen LogP contribution is 2.31. The Morgan fingerprint density at radius 1 is 1.07 bits per heavy atom. The topological polar surface area (TPSA) is 77.7 Å². The van der Waals surface area contributed by atoms with Crippen LogP contribution in [0.1, 0.15) is 16.2 Å². The summed E-state index contributed by atoms with van der Waals surface area (Å²) in [5.41, 5.74) is 1.01. The average Bonchev–Trinajstić information content (AvgIpc) is 3.15. The van der Waals surface area contributed by atoms with Crippen molar-refractivity contribution < 1.29 is 18.7 Å². The van der Waals surface area contributed by atoms with Crippen LogP contribution in [0.4, 0.5) is 0 Å². The van der Waals surface area contributed by atoms with Crippen LogP contribution in [0.5, 0.6) is 11.5 Å². The first-order chi connectivity index (χ1) is 13.4. The molecule has 0 aliphatic rings. The van der Waals surface area contributed by atoms with Crippen LogP contribution in [0.3, 0.4) is 0 Å². The third-order valence-corrected chi connectivity index (χ3v) is 4.53. The van der Waals surface area contributed by atoms with Gasteiger partial charge >= 0.3 is 0 Å². The van der Waals surface area contributed by atoms with Gasteiger partial charge in [0.2, 0.25) is 11.8 Å².